The molecule has 0 aliphatic heterocycles. The summed E-state index contributed by atoms with van der Waals surface area (Å²) in [5.41, 5.74) is 8.00. The molecule has 0 saturated heterocycles. The topological polar surface area (TPSA) is 74.5 Å². The van der Waals surface area contributed by atoms with Crippen molar-refractivity contribution in [3.63, 3.8) is 0 Å². The highest BCUT2D eigenvalue weighted by Crippen LogP contribution is 2.47. The summed E-state index contributed by atoms with van der Waals surface area (Å²) in [6.07, 6.45) is 5.02. The van der Waals surface area contributed by atoms with Crippen LogP contribution in [0.4, 0.5) is 0 Å². The normalized spacial score (nSPS) is 18.4. The van der Waals surface area contributed by atoms with Crippen molar-refractivity contribution in [2.75, 3.05) is 0 Å². The van der Waals surface area contributed by atoms with Crippen molar-refractivity contribution < 1.29 is 0 Å². The molecule has 2 saturated carbocycles. The Morgan fingerprint density at radius 1 is 1.24 bits per heavy atom. The standard InChI is InChI=1S/C14H20N6S/c1-8-11(7-15)13(19(2)18-8)21-14-17-16-12(9-3-4-9)20(14)10-5-6-10/h9-10H,3-7,15H2,1-2H3. The monoisotopic (exact) mass is 304 g/mol. The van der Waals surface area contributed by atoms with Crippen LogP contribution in [0.2, 0.25) is 0 Å². The molecule has 2 heterocycles. The van der Waals surface area contributed by atoms with E-state index in [1.54, 1.807) is 11.8 Å². The third-order valence-electron chi connectivity index (χ3n) is 4.23. The zero-order valence-corrected chi connectivity index (χ0v) is 13.2. The van der Waals surface area contributed by atoms with Crippen LogP contribution in [0, 0.1) is 6.92 Å². The van der Waals surface area contributed by atoms with E-state index in [0.29, 0.717) is 18.5 Å². The fourth-order valence-electron chi connectivity index (χ4n) is 2.78. The van der Waals surface area contributed by atoms with Gasteiger partial charge < -0.3 is 10.3 Å². The highest BCUT2D eigenvalue weighted by molar-refractivity contribution is 7.99. The molecule has 2 aliphatic carbocycles. The van der Waals surface area contributed by atoms with Crippen molar-refractivity contribution >= 4 is 11.8 Å². The van der Waals surface area contributed by atoms with Crippen LogP contribution in [0.25, 0.3) is 0 Å². The van der Waals surface area contributed by atoms with E-state index in [4.69, 9.17) is 5.73 Å². The second-order valence-corrected chi connectivity index (χ2v) is 6.97. The van der Waals surface area contributed by atoms with E-state index >= 15 is 0 Å². The Hall–Kier alpha value is -1.34. The van der Waals surface area contributed by atoms with Crippen LogP contribution >= 0.6 is 11.8 Å². The predicted molar refractivity (Wildman–Crippen MR) is 80.2 cm³/mol. The molecule has 2 aromatic rings. The third-order valence-corrected chi connectivity index (χ3v) is 5.39. The molecule has 6 nitrogen and oxygen atoms in total. The van der Waals surface area contributed by atoms with Gasteiger partial charge in [-0.2, -0.15) is 5.10 Å². The summed E-state index contributed by atoms with van der Waals surface area (Å²) in [7, 11) is 1.97. The molecule has 0 unspecified atom stereocenters. The number of rotatable bonds is 5. The lowest BCUT2D eigenvalue weighted by Crippen LogP contribution is -2.04. The van der Waals surface area contributed by atoms with Gasteiger partial charge in [-0.05, 0) is 44.4 Å². The second kappa shape index (κ2) is 4.84. The number of aryl methyl sites for hydroxylation is 2. The van der Waals surface area contributed by atoms with Gasteiger partial charge in [0.2, 0.25) is 0 Å². The molecule has 2 aromatic heterocycles. The van der Waals surface area contributed by atoms with Crippen molar-refractivity contribution in [1.29, 1.82) is 0 Å². The largest absolute Gasteiger partial charge is 0.326 e. The number of nitrogens with zero attached hydrogens (tertiary/aromatic N) is 5. The lowest BCUT2D eigenvalue weighted by Gasteiger charge is -2.09. The van der Waals surface area contributed by atoms with E-state index in [1.165, 1.54) is 31.5 Å². The molecular formula is C14H20N6S. The number of aromatic nitrogens is 5. The van der Waals surface area contributed by atoms with Gasteiger partial charge in [-0.1, -0.05) is 0 Å². The predicted octanol–water partition coefficient (Wildman–Crippen LogP) is 2.14. The van der Waals surface area contributed by atoms with Crippen LogP contribution in [-0.4, -0.2) is 24.5 Å². The van der Waals surface area contributed by atoms with E-state index in [1.807, 2.05) is 18.7 Å². The molecular weight excluding hydrogens is 284 g/mol. The fraction of sp³-hybridized carbons (Fsp3) is 0.643. The van der Waals surface area contributed by atoms with Gasteiger partial charge in [-0.15, -0.1) is 10.2 Å². The number of nitrogens with two attached hydrogens (primary N) is 1. The Morgan fingerprint density at radius 3 is 2.62 bits per heavy atom. The van der Waals surface area contributed by atoms with Crippen molar-refractivity contribution in [2.24, 2.45) is 12.8 Å². The van der Waals surface area contributed by atoms with E-state index in [9.17, 15) is 0 Å². The van der Waals surface area contributed by atoms with Gasteiger partial charge in [0.15, 0.2) is 5.16 Å². The van der Waals surface area contributed by atoms with Crippen LogP contribution < -0.4 is 5.73 Å². The second-order valence-electron chi connectivity index (χ2n) is 6.02. The Labute approximate surface area is 128 Å². The lowest BCUT2D eigenvalue weighted by molar-refractivity contribution is 0.623. The molecule has 0 aromatic carbocycles. The maximum absolute atomic E-state index is 5.88. The fourth-order valence-corrected chi connectivity index (χ4v) is 3.91. The van der Waals surface area contributed by atoms with Gasteiger partial charge in [-0.25, -0.2) is 0 Å². The van der Waals surface area contributed by atoms with E-state index in [-0.39, 0.29) is 0 Å². The van der Waals surface area contributed by atoms with E-state index in [0.717, 1.165) is 21.4 Å². The van der Waals surface area contributed by atoms with E-state index in [2.05, 4.69) is 19.9 Å². The molecule has 112 valence electrons. The van der Waals surface area contributed by atoms with Gasteiger partial charge in [-0.3, -0.25) is 4.68 Å². The minimum Gasteiger partial charge on any atom is -0.326 e. The Balaban J connectivity index is 1.71. The van der Waals surface area contributed by atoms with Gasteiger partial charge in [0, 0.05) is 31.1 Å². The molecule has 7 heteroatoms. The van der Waals surface area contributed by atoms with Gasteiger partial charge in [0.1, 0.15) is 10.9 Å². The molecule has 0 amide bonds. The van der Waals surface area contributed by atoms with Crippen LogP contribution in [-0.2, 0) is 13.6 Å². The minimum absolute atomic E-state index is 0.509. The van der Waals surface area contributed by atoms with Gasteiger partial charge >= 0.3 is 0 Å². The van der Waals surface area contributed by atoms with Crippen molar-refractivity contribution in [1.82, 2.24) is 24.5 Å². The molecule has 21 heavy (non-hydrogen) atoms. The molecule has 0 atom stereocenters. The first-order valence-corrected chi connectivity index (χ1v) is 8.36. The zero-order valence-electron chi connectivity index (χ0n) is 12.4. The first-order chi connectivity index (χ1) is 10.2. The van der Waals surface area contributed by atoms with E-state index < -0.39 is 0 Å². The first kappa shape index (κ1) is 13.3. The Kier molecular flexibility index (Phi) is 3.08. The molecule has 0 radical (unpaired) electrons. The van der Waals surface area contributed by atoms with Crippen LogP contribution in [0.5, 0.6) is 0 Å². The van der Waals surface area contributed by atoms with Crippen molar-refractivity contribution in [3.8, 4) is 0 Å². The zero-order chi connectivity index (χ0) is 14.6. The quantitative estimate of drug-likeness (QED) is 0.916. The highest BCUT2D eigenvalue weighted by Gasteiger charge is 2.36. The summed E-state index contributed by atoms with van der Waals surface area (Å²) in [5, 5.41) is 15.5. The molecule has 2 N–H and O–H groups in total. The summed E-state index contributed by atoms with van der Waals surface area (Å²) in [5.74, 6) is 1.82. The van der Waals surface area contributed by atoms with Gasteiger partial charge in [0.05, 0.1) is 5.69 Å². The van der Waals surface area contributed by atoms with Crippen molar-refractivity contribution in [3.05, 3.63) is 17.1 Å². The summed E-state index contributed by atoms with van der Waals surface area (Å²) < 4.78 is 4.27. The average molecular weight is 304 g/mol. The van der Waals surface area contributed by atoms with Crippen LogP contribution in [0.3, 0.4) is 0 Å². The molecule has 2 aliphatic rings. The smallest absolute Gasteiger partial charge is 0.197 e. The van der Waals surface area contributed by atoms with Crippen LogP contribution in [0.15, 0.2) is 10.2 Å². The lowest BCUT2D eigenvalue weighted by atomic mass is 10.3. The number of hydrogen-bond acceptors (Lipinski definition) is 5. The number of hydrogen-bond donors (Lipinski definition) is 1. The maximum atomic E-state index is 5.88. The summed E-state index contributed by atoms with van der Waals surface area (Å²) in [6.45, 7) is 2.52. The Morgan fingerprint density at radius 2 is 2.00 bits per heavy atom. The average Bonchev–Trinajstić information content (AvgIpc) is 3.37. The molecule has 0 spiro atoms. The van der Waals surface area contributed by atoms with Crippen molar-refractivity contribution in [2.45, 2.75) is 61.3 Å². The molecule has 2 fully saturated rings. The summed E-state index contributed by atoms with van der Waals surface area (Å²) >= 11 is 1.66. The molecule has 4 rings (SSSR count). The Bertz CT molecular complexity index is 680. The third kappa shape index (κ3) is 2.28. The highest BCUT2D eigenvalue weighted by atomic mass is 32.2. The summed E-state index contributed by atoms with van der Waals surface area (Å²) in [4.78, 5) is 0. The first-order valence-electron chi connectivity index (χ1n) is 7.54. The maximum Gasteiger partial charge on any atom is 0.197 e. The summed E-state index contributed by atoms with van der Waals surface area (Å²) in [6, 6.07) is 0.605. The van der Waals surface area contributed by atoms with Gasteiger partial charge in [0.25, 0.3) is 0 Å². The molecule has 0 bridgehead atoms. The SMILES string of the molecule is Cc1nn(C)c(Sc2nnc(C3CC3)n2C2CC2)c1CN. The minimum atomic E-state index is 0.509. The van der Waals surface area contributed by atoms with Crippen LogP contribution in [0.1, 0.15) is 54.7 Å².